The van der Waals surface area contributed by atoms with Crippen LogP contribution in [0.1, 0.15) is 12.0 Å². The number of rotatable bonds is 3. The van der Waals surface area contributed by atoms with Crippen LogP contribution in [0.4, 0.5) is 8.78 Å². The maximum atomic E-state index is 13.0. The topological polar surface area (TPSA) is 49.4 Å². The predicted molar refractivity (Wildman–Crippen MR) is 64.3 cm³/mol. The summed E-state index contributed by atoms with van der Waals surface area (Å²) in [5.74, 6) is -1.60. The van der Waals surface area contributed by atoms with E-state index in [0.29, 0.717) is 25.1 Å². The molecule has 1 aromatic rings. The van der Waals surface area contributed by atoms with Crippen molar-refractivity contribution < 1.29 is 18.4 Å². The third-order valence-electron chi connectivity index (χ3n) is 2.99. The van der Waals surface area contributed by atoms with Gasteiger partial charge in [-0.2, -0.15) is 0 Å². The Morgan fingerprint density at radius 2 is 1.84 bits per heavy atom. The van der Waals surface area contributed by atoms with Crippen LogP contribution in [0.3, 0.4) is 0 Å². The van der Waals surface area contributed by atoms with Crippen molar-refractivity contribution in [2.75, 3.05) is 19.6 Å². The largest absolute Gasteiger partial charge is 0.347 e. The van der Waals surface area contributed by atoms with Crippen molar-refractivity contribution >= 4 is 11.8 Å². The highest BCUT2D eigenvalue weighted by Crippen LogP contribution is 2.10. The summed E-state index contributed by atoms with van der Waals surface area (Å²) in [5.41, 5.74) is 0.494. The van der Waals surface area contributed by atoms with Gasteiger partial charge in [0.2, 0.25) is 11.8 Å². The second kappa shape index (κ2) is 5.77. The molecular formula is C13H14F2N2O2. The molecule has 0 bridgehead atoms. The van der Waals surface area contributed by atoms with Gasteiger partial charge < -0.3 is 10.2 Å². The fourth-order valence-electron chi connectivity index (χ4n) is 1.99. The van der Waals surface area contributed by atoms with E-state index in [4.69, 9.17) is 0 Å². The Labute approximate surface area is 109 Å². The molecule has 1 N–H and O–H groups in total. The molecule has 2 amide bonds. The molecule has 1 fully saturated rings. The van der Waals surface area contributed by atoms with Crippen molar-refractivity contribution in [1.29, 1.82) is 0 Å². The Hall–Kier alpha value is -1.98. The van der Waals surface area contributed by atoms with E-state index in [9.17, 15) is 18.4 Å². The Kier molecular flexibility index (Phi) is 4.09. The minimum atomic E-state index is -0.631. The van der Waals surface area contributed by atoms with E-state index in [1.54, 1.807) is 0 Å². The van der Waals surface area contributed by atoms with E-state index in [2.05, 4.69) is 5.32 Å². The van der Waals surface area contributed by atoms with Gasteiger partial charge in [-0.3, -0.25) is 9.59 Å². The van der Waals surface area contributed by atoms with Crippen LogP contribution in [0.25, 0.3) is 0 Å². The summed E-state index contributed by atoms with van der Waals surface area (Å²) in [5, 5.41) is 2.49. The monoisotopic (exact) mass is 268 g/mol. The molecule has 1 aliphatic heterocycles. The zero-order chi connectivity index (χ0) is 13.8. The van der Waals surface area contributed by atoms with Gasteiger partial charge in [-0.15, -0.1) is 0 Å². The number of amides is 2. The minimum Gasteiger partial charge on any atom is -0.347 e. The SMILES string of the molecule is O=C1CCN(CCc2cc(F)cc(F)c2)C(=O)CN1. The number of nitrogens with one attached hydrogen (secondary N) is 1. The van der Waals surface area contributed by atoms with E-state index in [1.165, 1.54) is 17.0 Å². The van der Waals surface area contributed by atoms with Crippen LogP contribution >= 0.6 is 0 Å². The Balaban J connectivity index is 1.97. The molecule has 19 heavy (non-hydrogen) atoms. The van der Waals surface area contributed by atoms with Gasteiger partial charge in [-0.05, 0) is 24.1 Å². The number of carbonyl (C=O) groups is 2. The smallest absolute Gasteiger partial charge is 0.241 e. The normalized spacial score (nSPS) is 16.2. The quantitative estimate of drug-likeness (QED) is 0.883. The third kappa shape index (κ3) is 3.74. The first-order chi connectivity index (χ1) is 9.04. The number of benzene rings is 1. The first-order valence-corrected chi connectivity index (χ1v) is 6.04. The minimum absolute atomic E-state index is 0.0175. The van der Waals surface area contributed by atoms with Crippen LogP contribution in [-0.2, 0) is 16.0 Å². The fraction of sp³-hybridized carbons (Fsp3) is 0.385. The van der Waals surface area contributed by atoms with Gasteiger partial charge in [0.05, 0.1) is 6.54 Å². The lowest BCUT2D eigenvalue weighted by Gasteiger charge is -2.19. The molecule has 0 radical (unpaired) electrons. The second-order valence-electron chi connectivity index (χ2n) is 4.44. The van der Waals surface area contributed by atoms with Gasteiger partial charge in [0, 0.05) is 25.6 Å². The summed E-state index contributed by atoms with van der Waals surface area (Å²) in [6, 6.07) is 3.30. The second-order valence-corrected chi connectivity index (χ2v) is 4.44. The van der Waals surface area contributed by atoms with Gasteiger partial charge >= 0.3 is 0 Å². The zero-order valence-electron chi connectivity index (χ0n) is 10.3. The molecule has 1 saturated heterocycles. The van der Waals surface area contributed by atoms with Gasteiger partial charge in [0.15, 0.2) is 0 Å². The highest BCUT2D eigenvalue weighted by molar-refractivity contribution is 5.87. The van der Waals surface area contributed by atoms with Crippen LogP contribution in [0.15, 0.2) is 18.2 Å². The Morgan fingerprint density at radius 1 is 1.16 bits per heavy atom. The molecular weight excluding hydrogens is 254 g/mol. The molecule has 2 rings (SSSR count). The standard InChI is InChI=1S/C13H14F2N2O2/c14-10-5-9(6-11(15)7-10)1-3-17-4-2-12(18)16-8-13(17)19/h5-7H,1-4,8H2,(H,16,18). The molecule has 0 atom stereocenters. The summed E-state index contributed by atoms with van der Waals surface area (Å²) < 4.78 is 26.0. The number of hydrogen-bond acceptors (Lipinski definition) is 2. The predicted octanol–water partition coefficient (Wildman–Crippen LogP) is 0.856. The summed E-state index contributed by atoms with van der Waals surface area (Å²) in [7, 11) is 0. The summed E-state index contributed by atoms with van der Waals surface area (Å²) in [6.45, 7) is 0.662. The third-order valence-corrected chi connectivity index (χ3v) is 2.99. The highest BCUT2D eigenvalue weighted by atomic mass is 19.1. The van der Waals surface area contributed by atoms with E-state index in [-0.39, 0.29) is 24.8 Å². The highest BCUT2D eigenvalue weighted by Gasteiger charge is 2.19. The van der Waals surface area contributed by atoms with E-state index >= 15 is 0 Å². The lowest BCUT2D eigenvalue weighted by molar-refractivity contribution is -0.130. The van der Waals surface area contributed by atoms with Crippen LogP contribution in [-0.4, -0.2) is 36.3 Å². The average molecular weight is 268 g/mol. The van der Waals surface area contributed by atoms with Gasteiger partial charge in [0.25, 0.3) is 0 Å². The van der Waals surface area contributed by atoms with Gasteiger partial charge in [-0.25, -0.2) is 8.78 Å². The molecule has 0 aliphatic carbocycles. The Morgan fingerprint density at radius 3 is 2.53 bits per heavy atom. The first-order valence-electron chi connectivity index (χ1n) is 6.04. The fourth-order valence-corrected chi connectivity index (χ4v) is 1.99. The molecule has 4 nitrogen and oxygen atoms in total. The molecule has 6 heteroatoms. The summed E-state index contributed by atoms with van der Waals surface area (Å²) in [4.78, 5) is 24.4. The van der Waals surface area contributed by atoms with E-state index in [1.807, 2.05) is 0 Å². The van der Waals surface area contributed by atoms with Gasteiger partial charge in [0.1, 0.15) is 11.6 Å². The van der Waals surface area contributed by atoms with Crippen LogP contribution in [0, 0.1) is 11.6 Å². The molecule has 0 aromatic heterocycles. The van der Waals surface area contributed by atoms with Crippen LogP contribution in [0.2, 0.25) is 0 Å². The summed E-state index contributed by atoms with van der Waals surface area (Å²) >= 11 is 0. The first kappa shape index (κ1) is 13.5. The van der Waals surface area contributed by atoms with E-state index < -0.39 is 11.6 Å². The molecule has 1 heterocycles. The van der Waals surface area contributed by atoms with Crippen molar-refractivity contribution in [2.24, 2.45) is 0 Å². The number of hydrogen-bond donors (Lipinski definition) is 1. The molecule has 102 valence electrons. The number of carbonyl (C=O) groups excluding carboxylic acids is 2. The maximum Gasteiger partial charge on any atom is 0.241 e. The average Bonchev–Trinajstić information content (AvgIpc) is 2.49. The van der Waals surface area contributed by atoms with Gasteiger partial charge in [-0.1, -0.05) is 0 Å². The molecule has 0 unspecified atom stereocenters. The number of nitrogens with zero attached hydrogens (tertiary/aromatic N) is 1. The lowest BCUT2D eigenvalue weighted by Crippen LogP contribution is -2.36. The van der Waals surface area contributed by atoms with Crippen molar-refractivity contribution in [1.82, 2.24) is 10.2 Å². The number of halogens is 2. The maximum absolute atomic E-state index is 13.0. The Bertz CT molecular complexity index is 485. The zero-order valence-corrected chi connectivity index (χ0v) is 10.3. The van der Waals surface area contributed by atoms with Crippen LogP contribution < -0.4 is 5.32 Å². The molecule has 1 aliphatic rings. The van der Waals surface area contributed by atoms with Crippen molar-refractivity contribution in [3.63, 3.8) is 0 Å². The van der Waals surface area contributed by atoms with Crippen molar-refractivity contribution in [3.05, 3.63) is 35.4 Å². The molecule has 0 spiro atoms. The van der Waals surface area contributed by atoms with Crippen LogP contribution in [0.5, 0.6) is 0 Å². The summed E-state index contributed by atoms with van der Waals surface area (Å²) in [6.07, 6.45) is 0.609. The van der Waals surface area contributed by atoms with Crippen molar-refractivity contribution in [3.8, 4) is 0 Å². The van der Waals surface area contributed by atoms with Crippen molar-refractivity contribution in [2.45, 2.75) is 12.8 Å². The molecule has 0 saturated carbocycles. The van der Waals surface area contributed by atoms with E-state index in [0.717, 1.165) is 6.07 Å². The lowest BCUT2D eigenvalue weighted by atomic mass is 10.1. The molecule has 1 aromatic carbocycles.